The number of benzene rings is 1. The van der Waals surface area contributed by atoms with Gasteiger partial charge in [0.05, 0.1) is 18.2 Å². The molecule has 0 unspecified atom stereocenters. The Morgan fingerprint density at radius 3 is 2.73 bits per heavy atom. The van der Waals surface area contributed by atoms with Crippen molar-refractivity contribution in [2.45, 2.75) is 18.6 Å². The molecule has 0 aromatic heterocycles. The number of hydrogen-bond donors (Lipinski definition) is 2. The third-order valence-electron chi connectivity index (χ3n) is 3.31. The molecule has 1 aliphatic heterocycles. The molecule has 22 heavy (non-hydrogen) atoms. The summed E-state index contributed by atoms with van der Waals surface area (Å²) in [4.78, 5) is 22.4. The number of carboxylic acids is 1. The van der Waals surface area contributed by atoms with Crippen molar-refractivity contribution in [1.29, 1.82) is 0 Å². The average Bonchev–Trinajstić information content (AvgIpc) is 2.50. The monoisotopic (exact) mass is 309 g/mol. The summed E-state index contributed by atoms with van der Waals surface area (Å²) in [6.07, 6.45) is 0.318. The normalized spacial score (nSPS) is 21.1. The molecule has 7 nitrogen and oxygen atoms in total. The molecule has 7 heteroatoms. The van der Waals surface area contributed by atoms with Gasteiger partial charge in [-0.25, -0.2) is 4.79 Å². The van der Waals surface area contributed by atoms with E-state index in [0.29, 0.717) is 25.4 Å². The number of carboxylic acid groups (broad SMARTS) is 1. The molecular weight excluding hydrogens is 290 g/mol. The van der Waals surface area contributed by atoms with Gasteiger partial charge >= 0.3 is 5.97 Å². The van der Waals surface area contributed by atoms with Gasteiger partial charge in [0.2, 0.25) is 5.91 Å². The predicted octanol–water partition coefficient (Wildman–Crippen LogP) is 0.684. The first-order valence-corrected chi connectivity index (χ1v) is 6.96. The van der Waals surface area contributed by atoms with Gasteiger partial charge in [0.1, 0.15) is 18.5 Å². The number of ether oxygens (including phenoxy) is 3. The highest BCUT2D eigenvalue weighted by Gasteiger charge is 2.28. The third kappa shape index (κ3) is 4.44. The molecule has 0 spiro atoms. The summed E-state index contributed by atoms with van der Waals surface area (Å²) in [6, 6.07) is 5.95. The SMILES string of the molecule is COCC(=O)N[C@@H]1CCOC[C@H]1Oc1ccc(C(=O)O)cc1. The number of hydrogen-bond acceptors (Lipinski definition) is 5. The van der Waals surface area contributed by atoms with Crippen LogP contribution in [0.4, 0.5) is 0 Å². The Hall–Kier alpha value is -2.12. The second kappa shape index (κ2) is 7.77. The predicted molar refractivity (Wildman–Crippen MR) is 77.1 cm³/mol. The zero-order valence-corrected chi connectivity index (χ0v) is 12.3. The van der Waals surface area contributed by atoms with E-state index in [-0.39, 0.29) is 30.2 Å². The fraction of sp³-hybridized carbons (Fsp3) is 0.467. The molecule has 2 atom stereocenters. The van der Waals surface area contributed by atoms with Crippen LogP contribution in [0.2, 0.25) is 0 Å². The standard InChI is InChI=1S/C15H19NO6/c1-20-9-14(17)16-12-6-7-21-8-13(12)22-11-4-2-10(3-5-11)15(18)19/h2-5,12-13H,6-9H2,1H3,(H,16,17)(H,18,19)/t12-,13-/m1/s1. The lowest BCUT2D eigenvalue weighted by Gasteiger charge is -2.32. The van der Waals surface area contributed by atoms with Crippen LogP contribution in [-0.4, -0.2) is 56.1 Å². The van der Waals surface area contributed by atoms with Crippen LogP contribution in [-0.2, 0) is 14.3 Å². The zero-order chi connectivity index (χ0) is 15.9. The first-order valence-electron chi connectivity index (χ1n) is 6.96. The molecule has 1 aromatic rings. The topological polar surface area (TPSA) is 94.1 Å². The van der Waals surface area contributed by atoms with E-state index in [1.807, 2.05) is 0 Å². The van der Waals surface area contributed by atoms with E-state index >= 15 is 0 Å². The fourth-order valence-electron chi connectivity index (χ4n) is 2.22. The van der Waals surface area contributed by atoms with Gasteiger partial charge in [0.15, 0.2) is 0 Å². The van der Waals surface area contributed by atoms with Gasteiger partial charge in [-0.15, -0.1) is 0 Å². The highest BCUT2D eigenvalue weighted by atomic mass is 16.5. The summed E-state index contributed by atoms with van der Waals surface area (Å²) < 4.78 is 16.0. The van der Waals surface area contributed by atoms with Crippen LogP contribution in [0.1, 0.15) is 16.8 Å². The minimum absolute atomic E-state index is 0.00259. The number of amides is 1. The van der Waals surface area contributed by atoms with Crippen molar-refractivity contribution in [3.8, 4) is 5.75 Å². The van der Waals surface area contributed by atoms with Crippen molar-refractivity contribution in [2.24, 2.45) is 0 Å². The summed E-state index contributed by atoms with van der Waals surface area (Å²) in [5.74, 6) is -0.659. The van der Waals surface area contributed by atoms with E-state index < -0.39 is 5.97 Å². The first kappa shape index (κ1) is 16.3. The molecule has 120 valence electrons. The molecule has 1 aromatic carbocycles. The largest absolute Gasteiger partial charge is 0.486 e. The number of rotatable bonds is 6. The Balaban J connectivity index is 1.98. The van der Waals surface area contributed by atoms with Crippen LogP contribution in [0, 0.1) is 0 Å². The maximum Gasteiger partial charge on any atom is 0.335 e. The second-order valence-corrected chi connectivity index (χ2v) is 4.96. The number of carbonyl (C=O) groups excluding carboxylic acids is 1. The van der Waals surface area contributed by atoms with Crippen LogP contribution in [0.25, 0.3) is 0 Å². The van der Waals surface area contributed by atoms with Crippen LogP contribution in [0.5, 0.6) is 5.75 Å². The number of carbonyl (C=O) groups is 2. The second-order valence-electron chi connectivity index (χ2n) is 4.96. The minimum Gasteiger partial charge on any atom is -0.486 e. The lowest BCUT2D eigenvalue weighted by Crippen LogP contribution is -2.52. The van der Waals surface area contributed by atoms with Crippen molar-refractivity contribution in [2.75, 3.05) is 26.9 Å². The van der Waals surface area contributed by atoms with E-state index in [1.54, 1.807) is 12.1 Å². The van der Waals surface area contributed by atoms with Crippen molar-refractivity contribution >= 4 is 11.9 Å². The summed E-state index contributed by atoms with van der Waals surface area (Å²) in [6.45, 7) is 0.908. The Labute approximate surface area is 128 Å². The van der Waals surface area contributed by atoms with Gasteiger partial charge in [-0.2, -0.15) is 0 Å². The highest BCUT2D eigenvalue weighted by Crippen LogP contribution is 2.18. The first-order chi connectivity index (χ1) is 10.6. The molecule has 2 rings (SSSR count). The average molecular weight is 309 g/mol. The maximum absolute atomic E-state index is 11.6. The molecule has 1 aliphatic rings. The van der Waals surface area contributed by atoms with Gasteiger partial charge in [-0.05, 0) is 30.7 Å². The van der Waals surface area contributed by atoms with Crippen molar-refractivity contribution in [3.05, 3.63) is 29.8 Å². The lowest BCUT2D eigenvalue weighted by atomic mass is 10.1. The molecule has 1 fully saturated rings. The van der Waals surface area contributed by atoms with Gasteiger partial charge in [-0.1, -0.05) is 0 Å². The lowest BCUT2D eigenvalue weighted by molar-refractivity contribution is -0.127. The maximum atomic E-state index is 11.6. The van der Waals surface area contributed by atoms with Gasteiger partial charge in [-0.3, -0.25) is 4.79 Å². The quantitative estimate of drug-likeness (QED) is 0.802. The number of nitrogens with one attached hydrogen (secondary N) is 1. The third-order valence-corrected chi connectivity index (χ3v) is 3.31. The molecule has 1 amide bonds. The van der Waals surface area contributed by atoms with E-state index in [4.69, 9.17) is 19.3 Å². The molecule has 1 heterocycles. The molecular formula is C15H19NO6. The van der Waals surface area contributed by atoms with E-state index in [9.17, 15) is 9.59 Å². The van der Waals surface area contributed by atoms with E-state index in [1.165, 1.54) is 19.2 Å². The summed E-state index contributed by atoms with van der Waals surface area (Å²) in [5.41, 5.74) is 0.192. The number of methoxy groups -OCH3 is 1. The van der Waals surface area contributed by atoms with Crippen molar-refractivity contribution < 1.29 is 28.9 Å². The van der Waals surface area contributed by atoms with Crippen LogP contribution in [0.15, 0.2) is 24.3 Å². The minimum atomic E-state index is -0.989. The van der Waals surface area contributed by atoms with Gasteiger partial charge < -0.3 is 24.6 Å². The Morgan fingerprint density at radius 1 is 1.36 bits per heavy atom. The van der Waals surface area contributed by atoms with Gasteiger partial charge in [0, 0.05) is 13.7 Å². The smallest absolute Gasteiger partial charge is 0.335 e. The zero-order valence-electron chi connectivity index (χ0n) is 12.3. The van der Waals surface area contributed by atoms with Crippen LogP contribution in [0.3, 0.4) is 0 Å². The fourth-order valence-corrected chi connectivity index (χ4v) is 2.22. The van der Waals surface area contributed by atoms with E-state index in [2.05, 4.69) is 5.32 Å². The van der Waals surface area contributed by atoms with Crippen LogP contribution < -0.4 is 10.1 Å². The van der Waals surface area contributed by atoms with Gasteiger partial charge in [0.25, 0.3) is 0 Å². The molecule has 0 bridgehead atoms. The molecule has 1 saturated heterocycles. The van der Waals surface area contributed by atoms with Crippen molar-refractivity contribution in [1.82, 2.24) is 5.32 Å². The number of aromatic carboxylic acids is 1. The summed E-state index contributed by atoms with van der Waals surface area (Å²) in [7, 11) is 1.46. The Morgan fingerprint density at radius 2 is 2.09 bits per heavy atom. The highest BCUT2D eigenvalue weighted by molar-refractivity contribution is 5.87. The molecule has 0 radical (unpaired) electrons. The summed E-state index contributed by atoms with van der Waals surface area (Å²) in [5, 5.41) is 11.7. The van der Waals surface area contributed by atoms with Crippen LogP contribution >= 0.6 is 0 Å². The summed E-state index contributed by atoms with van der Waals surface area (Å²) >= 11 is 0. The van der Waals surface area contributed by atoms with Crippen molar-refractivity contribution in [3.63, 3.8) is 0 Å². The Bertz CT molecular complexity index is 515. The molecule has 0 aliphatic carbocycles. The molecule has 0 saturated carbocycles. The Kier molecular flexibility index (Phi) is 5.74. The van der Waals surface area contributed by atoms with E-state index in [0.717, 1.165) is 0 Å². The molecule has 2 N–H and O–H groups in total.